The minimum atomic E-state index is -1.12. The minimum Gasteiger partial charge on any atom is -0.478 e. The standard InChI is InChI=1S/C15H8N2O2/c1-2-10-5-3-4-6-12(10)14-9-17-11(8-16)7-13(14)15(18)19/h1,3-7,9H,(H,18,19). The van der Waals surface area contributed by atoms with Crippen molar-refractivity contribution in [3.8, 4) is 29.5 Å². The first kappa shape index (κ1) is 12.3. The Balaban J connectivity index is 2.73. The summed E-state index contributed by atoms with van der Waals surface area (Å²) in [5.41, 5.74) is 1.66. The van der Waals surface area contributed by atoms with Gasteiger partial charge in [0, 0.05) is 17.3 Å². The first-order valence-electron chi connectivity index (χ1n) is 5.37. The highest BCUT2D eigenvalue weighted by atomic mass is 16.4. The number of benzene rings is 1. The maximum absolute atomic E-state index is 11.3. The third kappa shape index (κ3) is 2.29. The summed E-state index contributed by atoms with van der Waals surface area (Å²) in [5, 5.41) is 18.0. The van der Waals surface area contributed by atoms with Crippen molar-refractivity contribution in [2.24, 2.45) is 0 Å². The first-order chi connectivity index (χ1) is 9.17. The molecule has 1 heterocycles. The number of carbonyl (C=O) groups is 1. The van der Waals surface area contributed by atoms with E-state index in [1.165, 1.54) is 12.3 Å². The van der Waals surface area contributed by atoms with Crippen LogP contribution in [0.25, 0.3) is 11.1 Å². The Morgan fingerprint density at radius 2 is 2.05 bits per heavy atom. The van der Waals surface area contributed by atoms with Crippen LogP contribution in [0.5, 0.6) is 0 Å². The van der Waals surface area contributed by atoms with E-state index in [1.54, 1.807) is 24.3 Å². The molecule has 90 valence electrons. The molecule has 0 radical (unpaired) electrons. The number of pyridine rings is 1. The zero-order valence-electron chi connectivity index (χ0n) is 9.79. The van der Waals surface area contributed by atoms with Gasteiger partial charge in [-0.05, 0) is 17.7 Å². The van der Waals surface area contributed by atoms with E-state index in [2.05, 4.69) is 10.9 Å². The number of aromatic carboxylic acids is 1. The summed E-state index contributed by atoms with van der Waals surface area (Å²) in [6.45, 7) is 0. The molecule has 19 heavy (non-hydrogen) atoms. The van der Waals surface area contributed by atoms with Gasteiger partial charge >= 0.3 is 5.97 Å². The van der Waals surface area contributed by atoms with E-state index < -0.39 is 5.97 Å². The maximum atomic E-state index is 11.3. The molecule has 0 atom stereocenters. The summed E-state index contributed by atoms with van der Waals surface area (Å²) in [7, 11) is 0. The summed E-state index contributed by atoms with van der Waals surface area (Å²) in [6.07, 6.45) is 6.76. The summed E-state index contributed by atoms with van der Waals surface area (Å²) >= 11 is 0. The normalized spacial score (nSPS) is 9.37. The fourth-order valence-corrected chi connectivity index (χ4v) is 1.75. The molecular weight excluding hydrogens is 240 g/mol. The van der Waals surface area contributed by atoms with Gasteiger partial charge in [-0.2, -0.15) is 5.26 Å². The van der Waals surface area contributed by atoms with Crippen LogP contribution in [0.2, 0.25) is 0 Å². The molecule has 0 fully saturated rings. The second-order valence-electron chi connectivity index (χ2n) is 3.72. The molecule has 0 aliphatic rings. The molecule has 0 unspecified atom stereocenters. The topological polar surface area (TPSA) is 74.0 Å². The monoisotopic (exact) mass is 248 g/mol. The number of terminal acetylenes is 1. The molecule has 4 heteroatoms. The molecule has 2 aromatic rings. The van der Waals surface area contributed by atoms with E-state index in [1.807, 2.05) is 6.07 Å². The molecular formula is C15H8N2O2. The molecule has 1 aromatic carbocycles. The first-order valence-corrected chi connectivity index (χ1v) is 5.37. The average Bonchev–Trinajstić information content (AvgIpc) is 2.46. The molecule has 0 aliphatic heterocycles. The molecule has 1 N–H and O–H groups in total. The van der Waals surface area contributed by atoms with Crippen molar-refractivity contribution < 1.29 is 9.90 Å². The van der Waals surface area contributed by atoms with Crippen molar-refractivity contribution in [1.29, 1.82) is 5.26 Å². The van der Waals surface area contributed by atoms with Gasteiger partial charge < -0.3 is 5.11 Å². The van der Waals surface area contributed by atoms with Gasteiger partial charge in [-0.15, -0.1) is 6.42 Å². The second kappa shape index (κ2) is 5.03. The predicted molar refractivity (Wildman–Crippen MR) is 69.3 cm³/mol. The van der Waals surface area contributed by atoms with Crippen LogP contribution in [0.1, 0.15) is 21.6 Å². The maximum Gasteiger partial charge on any atom is 0.336 e. The van der Waals surface area contributed by atoms with Gasteiger partial charge in [0.1, 0.15) is 11.8 Å². The highest BCUT2D eigenvalue weighted by Gasteiger charge is 2.15. The number of nitrogens with zero attached hydrogens (tertiary/aromatic N) is 2. The molecule has 0 aliphatic carbocycles. The molecule has 0 spiro atoms. The lowest BCUT2D eigenvalue weighted by atomic mass is 9.97. The molecule has 0 saturated heterocycles. The van der Waals surface area contributed by atoms with Crippen LogP contribution < -0.4 is 0 Å². The number of aromatic nitrogens is 1. The van der Waals surface area contributed by atoms with Gasteiger partial charge in [-0.25, -0.2) is 9.78 Å². The van der Waals surface area contributed by atoms with Crippen molar-refractivity contribution in [2.45, 2.75) is 0 Å². The van der Waals surface area contributed by atoms with Crippen molar-refractivity contribution in [1.82, 2.24) is 4.98 Å². The van der Waals surface area contributed by atoms with Gasteiger partial charge in [-0.1, -0.05) is 24.1 Å². The summed E-state index contributed by atoms with van der Waals surface area (Å²) in [6, 6.07) is 10.0. The Bertz CT molecular complexity index is 737. The molecule has 4 nitrogen and oxygen atoms in total. The minimum absolute atomic E-state index is 0.00856. The smallest absolute Gasteiger partial charge is 0.336 e. The SMILES string of the molecule is C#Cc1ccccc1-c1cnc(C#N)cc1C(=O)O. The van der Waals surface area contributed by atoms with Gasteiger partial charge in [0.25, 0.3) is 0 Å². The van der Waals surface area contributed by atoms with Crippen LogP contribution in [0.3, 0.4) is 0 Å². The van der Waals surface area contributed by atoms with Crippen LogP contribution in [0, 0.1) is 23.7 Å². The number of hydrogen-bond donors (Lipinski definition) is 1. The lowest BCUT2D eigenvalue weighted by molar-refractivity contribution is 0.0697. The Morgan fingerprint density at radius 3 is 2.68 bits per heavy atom. The van der Waals surface area contributed by atoms with Gasteiger partial charge in [0.05, 0.1) is 5.56 Å². The highest BCUT2D eigenvalue weighted by Crippen LogP contribution is 2.26. The third-order valence-electron chi connectivity index (χ3n) is 2.62. The Labute approximate surface area is 110 Å². The second-order valence-corrected chi connectivity index (χ2v) is 3.72. The van der Waals surface area contributed by atoms with Crippen molar-refractivity contribution in [3.63, 3.8) is 0 Å². The molecule has 1 aromatic heterocycles. The Morgan fingerprint density at radius 1 is 1.32 bits per heavy atom. The highest BCUT2D eigenvalue weighted by molar-refractivity contribution is 5.96. The zero-order valence-corrected chi connectivity index (χ0v) is 9.79. The number of hydrogen-bond acceptors (Lipinski definition) is 3. The van der Waals surface area contributed by atoms with E-state index in [0.29, 0.717) is 16.7 Å². The zero-order chi connectivity index (χ0) is 13.8. The van der Waals surface area contributed by atoms with Crippen LogP contribution in [-0.2, 0) is 0 Å². The molecule has 2 rings (SSSR count). The average molecular weight is 248 g/mol. The third-order valence-corrected chi connectivity index (χ3v) is 2.62. The largest absolute Gasteiger partial charge is 0.478 e. The summed E-state index contributed by atoms with van der Waals surface area (Å²) in [5.74, 6) is 1.38. The molecule has 0 bridgehead atoms. The van der Waals surface area contributed by atoms with Gasteiger partial charge in [0.2, 0.25) is 0 Å². The molecule has 0 amide bonds. The fourth-order valence-electron chi connectivity index (χ4n) is 1.75. The van der Waals surface area contributed by atoms with Crippen molar-refractivity contribution in [2.75, 3.05) is 0 Å². The van der Waals surface area contributed by atoms with Crippen molar-refractivity contribution >= 4 is 5.97 Å². The van der Waals surface area contributed by atoms with Crippen LogP contribution in [0.4, 0.5) is 0 Å². The summed E-state index contributed by atoms with van der Waals surface area (Å²) in [4.78, 5) is 15.2. The quantitative estimate of drug-likeness (QED) is 0.827. The van der Waals surface area contributed by atoms with E-state index in [4.69, 9.17) is 11.7 Å². The summed E-state index contributed by atoms with van der Waals surface area (Å²) < 4.78 is 0. The van der Waals surface area contributed by atoms with E-state index >= 15 is 0 Å². The lowest BCUT2D eigenvalue weighted by Crippen LogP contribution is -2.02. The van der Waals surface area contributed by atoms with E-state index in [0.717, 1.165) is 0 Å². The van der Waals surface area contributed by atoms with Crippen molar-refractivity contribution in [3.05, 3.63) is 53.3 Å². The predicted octanol–water partition coefficient (Wildman–Crippen LogP) is 2.30. The van der Waals surface area contributed by atoms with Crippen LogP contribution >= 0.6 is 0 Å². The van der Waals surface area contributed by atoms with Crippen LogP contribution in [-0.4, -0.2) is 16.1 Å². The molecule has 0 saturated carbocycles. The lowest BCUT2D eigenvalue weighted by Gasteiger charge is -2.08. The number of carboxylic acids is 1. The van der Waals surface area contributed by atoms with Gasteiger partial charge in [-0.3, -0.25) is 0 Å². The number of nitriles is 1. The fraction of sp³-hybridized carbons (Fsp3) is 0. The number of carboxylic acid groups (broad SMARTS) is 1. The van der Waals surface area contributed by atoms with E-state index in [-0.39, 0.29) is 11.3 Å². The number of rotatable bonds is 2. The van der Waals surface area contributed by atoms with E-state index in [9.17, 15) is 9.90 Å². The Hall–Kier alpha value is -3.11. The van der Waals surface area contributed by atoms with Crippen LogP contribution in [0.15, 0.2) is 36.5 Å². The Kier molecular flexibility index (Phi) is 3.27. The van der Waals surface area contributed by atoms with Gasteiger partial charge in [0.15, 0.2) is 0 Å².